The van der Waals surface area contributed by atoms with Crippen molar-refractivity contribution in [3.8, 4) is 17.0 Å². The molecule has 9 nitrogen and oxygen atoms in total. The molecule has 0 radical (unpaired) electrons. The van der Waals surface area contributed by atoms with Crippen LogP contribution in [0.4, 0.5) is 5.13 Å². The van der Waals surface area contributed by atoms with Gasteiger partial charge < -0.3 is 4.74 Å². The van der Waals surface area contributed by atoms with Crippen LogP contribution in [0.1, 0.15) is 47.6 Å². The van der Waals surface area contributed by atoms with Crippen LogP contribution in [0.25, 0.3) is 22.3 Å². The molecule has 0 spiro atoms. The van der Waals surface area contributed by atoms with Gasteiger partial charge in [0.2, 0.25) is 0 Å². The highest BCUT2D eigenvalue weighted by atomic mass is 32.1. The number of amides is 1. The Morgan fingerprint density at radius 1 is 1.21 bits per heavy atom. The fourth-order valence-electron chi connectivity index (χ4n) is 3.69. The number of nitrogens with zero attached hydrogens (tertiary/aromatic N) is 3. The van der Waals surface area contributed by atoms with Gasteiger partial charge in [-0.3, -0.25) is 24.5 Å². The van der Waals surface area contributed by atoms with Crippen molar-refractivity contribution in [3.63, 3.8) is 0 Å². The van der Waals surface area contributed by atoms with Crippen LogP contribution in [0, 0.1) is 6.92 Å². The van der Waals surface area contributed by atoms with Crippen LogP contribution < -0.4 is 21.3 Å². The molecule has 1 amide bonds. The monoisotopic (exact) mass is 479 g/mol. The molecule has 10 heteroatoms. The predicted molar refractivity (Wildman–Crippen MR) is 133 cm³/mol. The number of pyridine rings is 1. The Morgan fingerprint density at radius 2 is 1.91 bits per heavy atom. The zero-order valence-corrected chi connectivity index (χ0v) is 20.4. The van der Waals surface area contributed by atoms with Crippen molar-refractivity contribution in [2.75, 3.05) is 12.4 Å². The number of aromatic nitrogens is 4. The number of thiazole rings is 1. The van der Waals surface area contributed by atoms with Crippen LogP contribution in [0.5, 0.6) is 5.75 Å². The van der Waals surface area contributed by atoms with Crippen molar-refractivity contribution < 1.29 is 9.53 Å². The topological polar surface area (TPSA) is 119 Å². The molecule has 2 N–H and O–H groups in total. The minimum atomic E-state index is -0.646. The van der Waals surface area contributed by atoms with Gasteiger partial charge in [0, 0.05) is 22.7 Å². The molecule has 3 aromatic heterocycles. The zero-order valence-electron chi connectivity index (χ0n) is 19.6. The summed E-state index contributed by atoms with van der Waals surface area (Å²) in [5, 5.41) is 3.31. The molecule has 34 heavy (non-hydrogen) atoms. The van der Waals surface area contributed by atoms with Crippen LogP contribution >= 0.6 is 11.3 Å². The number of H-pyrrole nitrogens is 1. The second kappa shape index (κ2) is 9.22. The van der Waals surface area contributed by atoms with Gasteiger partial charge in [-0.25, -0.2) is 14.8 Å². The summed E-state index contributed by atoms with van der Waals surface area (Å²) in [6, 6.07) is 9.11. The Kier molecular flexibility index (Phi) is 6.34. The molecule has 0 saturated heterocycles. The molecule has 0 aliphatic rings. The molecule has 0 fully saturated rings. The summed E-state index contributed by atoms with van der Waals surface area (Å²) in [6.45, 7) is 7.88. The van der Waals surface area contributed by atoms with Crippen molar-refractivity contribution in [1.29, 1.82) is 0 Å². The Morgan fingerprint density at radius 3 is 2.53 bits per heavy atom. The maximum Gasteiger partial charge on any atom is 0.329 e. The van der Waals surface area contributed by atoms with Crippen LogP contribution in [-0.4, -0.2) is 32.5 Å². The summed E-state index contributed by atoms with van der Waals surface area (Å²) in [6.07, 6.45) is 0. The molecule has 4 rings (SSSR count). The lowest BCUT2D eigenvalue weighted by Crippen LogP contribution is -2.32. The van der Waals surface area contributed by atoms with E-state index in [0.29, 0.717) is 17.4 Å². The van der Waals surface area contributed by atoms with Gasteiger partial charge in [0.1, 0.15) is 5.75 Å². The fourth-order valence-corrected chi connectivity index (χ4v) is 4.52. The number of aryl methyl sites for hydroxylation is 2. The van der Waals surface area contributed by atoms with E-state index < -0.39 is 17.2 Å². The second-order valence-corrected chi connectivity index (χ2v) is 9.26. The van der Waals surface area contributed by atoms with E-state index in [9.17, 15) is 14.4 Å². The van der Waals surface area contributed by atoms with E-state index in [1.807, 2.05) is 45.0 Å². The largest absolute Gasteiger partial charge is 0.497 e. The third-order valence-corrected chi connectivity index (χ3v) is 6.39. The third-order valence-electron chi connectivity index (χ3n) is 5.50. The maximum atomic E-state index is 13.4. The van der Waals surface area contributed by atoms with E-state index in [-0.39, 0.29) is 22.5 Å². The predicted octanol–water partition coefficient (Wildman–Crippen LogP) is 3.92. The molecular formula is C24H25N5O4S. The van der Waals surface area contributed by atoms with Gasteiger partial charge in [0.25, 0.3) is 11.5 Å². The lowest BCUT2D eigenvalue weighted by molar-refractivity contribution is 0.102. The van der Waals surface area contributed by atoms with Gasteiger partial charge in [-0.05, 0) is 50.1 Å². The third kappa shape index (κ3) is 4.24. The Labute approximate surface area is 199 Å². The number of aromatic amines is 1. The number of ether oxygens (including phenoxy) is 1. The molecule has 0 saturated carbocycles. The molecule has 0 aliphatic heterocycles. The zero-order chi connectivity index (χ0) is 24.6. The van der Waals surface area contributed by atoms with E-state index in [0.717, 1.165) is 21.9 Å². The summed E-state index contributed by atoms with van der Waals surface area (Å²) < 4.78 is 6.56. The number of nitrogens with one attached hydrogen (secondary N) is 2. The van der Waals surface area contributed by atoms with Gasteiger partial charge in [-0.1, -0.05) is 13.8 Å². The van der Waals surface area contributed by atoms with E-state index >= 15 is 0 Å². The van der Waals surface area contributed by atoms with E-state index in [4.69, 9.17) is 4.74 Å². The molecule has 1 aromatic carbocycles. The van der Waals surface area contributed by atoms with Gasteiger partial charge in [0.15, 0.2) is 10.8 Å². The van der Waals surface area contributed by atoms with E-state index in [1.165, 1.54) is 15.9 Å². The standard InChI is InChI=1S/C24H25N5O4S/c1-6-29-20-18(22(31)28-24(29)32)16(11-17(25-20)12(2)3)21(30)27-23-26-19(13(4)34-23)14-7-9-15(33-5)10-8-14/h7-12H,6H2,1-5H3,(H,26,27,30)(H,28,31,32). The van der Waals surface area contributed by atoms with Crippen LogP contribution in [0.2, 0.25) is 0 Å². The first-order valence-electron chi connectivity index (χ1n) is 10.8. The number of hydrogen-bond donors (Lipinski definition) is 2. The number of benzene rings is 1. The highest BCUT2D eigenvalue weighted by Crippen LogP contribution is 2.32. The van der Waals surface area contributed by atoms with Crippen molar-refractivity contribution in [1.82, 2.24) is 19.5 Å². The summed E-state index contributed by atoms with van der Waals surface area (Å²) in [5.41, 5.74) is 1.40. The Balaban J connectivity index is 1.78. The SMILES string of the molecule is CCn1c(=O)[nH]c(=O)c2c(C(=O)Nc3nc(-c4ccc(OC)cc4)c(C)s3)cc(C(C)C)nc21. The molecule has 3 heterocycles. The van der Waals surface area contributed by atoms with Gasteiger partial charge in [0.05, 0.1) is 23.8 Å². The van der Waals surface area contributed by atoms with E-state index in [1.54, 1.807) is 20.1 Å². The van der Waals surface area contributed by atoms with Gasteiger partial charge in [-0.15, -0.1) is 11.3 Å². The summed E-state index contributed by atoms with van der Waals surface area (Å²) >= 11 is 1.34. The van der Waals surface area contributed by atoms with Crippen LogP contribution in [0.3, 0.4) is 0 Å². The highest BCUT2D eigenvalue weighted by Gasteiger charge is 2.21. The molecule has 176 valence electrons. The fraction of sp³-hybridized carbons (Fsp3) is 0.292. The van der Waals surface area contributed by atoms with Crippen LogP contribution in [-0.2, 0) is 6.54 Å². The minimum Gasteiger partial charge on any atom is -0.497 e. The molecule has 0 bridgehead atoms. The normalized spacial score (nSPS) is 11.2. The summed E-state index contributed by atoms with van der Waals surface area (Å²) in [7, 11) is 1.61. The molecule has 0 atom stereocenters. The molecular weight excluding hydrogens is 454 g/mol. The van der Waals surface area contributed by atoms with Crippen molar-refractivity contribution in [2.45, 2.75) is 40.2 Å². The first kappa shape index (κ1) is 23.4. The summed E-state index contributed by atoms with van der Waals surface area (Å²) in [5.74, 6) is 0.238. The minimum absolute atomic E-state index is 0.0144. The van der Waals surface area contributed by atoms with E-state index in [2.05, 4.69) is 20.3 Å². The van der Waals surface area contributed by atoms with Crippen molar-refractivity contribution in [2.24, 2.45) is 0 Å². The van der Waals surface area contributed by atoms with Crippen LogP contribution in [0.15, 0.2) is 39.9 Å². The maximum absolute atomic E-state index is 13.4. The van der Waals surface area contributed by atoms with Gasteiger partial charge in [-0.2, -0.15) is 0 Å². The number of anilines is 1. The van der Waals surface area contributed by atoms with Gasteiger partial charge >= 0.3 is 5.69 Å². The van der Waals surface area contributed by atoms with Crippen molar-refractivity contribution in [3.05, 3.63) is 67.3 Å². The Bertz CT molecular complexity index is 1500. The number of hydrogen-bond acceptors (Lipinski definition) is 7. The Hall–Kier alpha value is -3.79. The first-order valence-corrected chi connectivity index (χ1v) is 11.7. The number of rotatable bonds is 6. The first-order chi connectivity index (χ1) is 16.2. The second-order valence-electron chi connectivity index (χ2n) is 8.06. The number of methoxy groups -OCH3 is 1. The quantitative estimate of drug-likeness (QED) is 0.433. The lowest BCUT2D eigenvalue weighted by atomic mass is 10.0. The lowest BCUT2D eigenvalue weighted by Gasteiger charge is -2.13. The molecule has 4 aromatic rings. The summed E-state index contributed by atoms with van der Waals surface area (Å²) in [4.78, 5) is 50.7. The van der Waals surface area contributed by atoms with Crippen molar-refractivity contribution >= 4 is 33.4 Å². The smallest absolute Gasteiger partial charge is 0.329 e. The number of carbonyl (C=O) groups excluding carboxylic acids is 1. The number of fused-ring (bicyclic) bond motifs is 1. The molecule has 0 aliphatic carbocycles. The average molecular weight is 480 g/mol. The highest BCUT2D eigenvalue weighted by molar-refractivity contribution is 7.16. The number of carbonyl (C=O) groups is 1. The molecule has 0 unspecified atom stereocenters. The average Bonchev–Trinajstić information content (AvgIpc) is 3.18.